The van der Waals surface area contributed by atoms with Crippen LogP contribution in [0.1, 0.15) is 12.5 Å². The lowest BCUT2D eigenvalue weighted by molar-refractivity contribution is -0.132. The third-order valence-electron chi connectivity index (χ3n) is 5.25. The van der Waals surface area contributed by atoms with Crippen molar-refractivity contribution in [3.8, 4) is 5.75 Å². The number of hydrogen-bond acceptors (Lipinski definition) is 4. The first-order valence-corrected chi connectivity index (χ1v) is 9.56. The van der Waals surface area contributed by atoms with Crippen molar-refractivity contribution in [3.63, 3.8) is 0 Å². The number of benzene rings is 3. The van der Waals surface area contributed by atoms with Crippen molar-refractivity contribution in [2.24, 2.45) is 0 Å². The summed E-state index contributed by atoms with van der Waals surface area (Å²) in [6.45, 7) is 1.29. The van der Waals surface area contributed by atoms with E-state index in [-0.39, 0.29) is 13.2 Å². The van der Waals surface area contributed by atoms with Crippen LogP contribution in [0.15, 0.2) is 66.7 Å². The highest BCUT2D eigenvalue weighted by atomic mass is 19.1. The fraction of sp³-hybridized carbons (Fsp3) is 0.217. The molecule has 0 bridgehead atoms. The Hall–Kier alpha value is -3.45. The van der Waals surface area contributed by atoms with E-state index in [0.717, 1.165) is 15.7 Å². The number of carbonyl (C=O) groups excluding carboxylic acids is 2. The van der Waals surface area contributed by atoms with Gasteiger partial charge >= 0.3 is 6.03 Å². The van der Waals surface area contributed by atoms with E-state index in [4.69, 9.17) is 4.74 Å². The van der Waals surface area contributed by atoms with Crippen LogP contribution in [-0.2, 0) is 10.3 Å². The SMILES string of the molecule is CC1(c2ccc3ccccc3c2)NC(=O)N(CC(O)COc2ccc(F)cc2)C1=O. The number of β-amino-alcohol motifs (C(OH)–C–C–N with tert-alkyl or cyclic N) is 1. The van der Waals surface area contributed by atoms with Gasteiger partial charge in [0.05, 0.1) is 6.54 Å². The molecule has 3 aromatic rings. The lowest BCUT2D eigenvalue weighted by atomic mass is 9.90. The molecule has 2 unspecified atom stereocenters. The monoisotopic (exact) mass is 408 g/mol. The molecule has 1 aliphatic rings. The molecule has 7 heteroatoms. The molecule has 0 spiro atoms. The molecule has 2 atom stereocenters. The van der Waals surface area contributed by atoms with Gasteiger partial charge in [-0.1, -0.05) is 36.4 Å². The summed E-state index contributed by atoms with van der Waals surface area (Å²) < 4.78 is 18.3. The molecule has 3 amide bonds. The van der Waals surface area contributed by atoms with Crippen LogP contribution >= 0.6 is 0 Å². The van der Waals surface area contributed by atoms with Crippen LogP contribution in [0.3, 0.4) is 0 Å². The molecule has 4 rings (SSSR count). The molecule has 0 aliphatic carbocycles. The Morgan fingerprint density at radius 1 is 1.07 bits per heavy atom. The Morgan fingerprint density at radius 2 is 1.77 bits per heavy atom. The van der Waals surface area contributed by atoms with E-state index in [1.165, 1.54) is 24.3 Å². The molecule has 1 aliphatic heterocycles. The minimum atomic E-state index is -1.22. The molecule has 6 nitrogen and oxygen atoms in total. The highest BCUT2D eigenvalue weighted by Gasteiger charge is 2.49. The quantitative estimate of drug-likeness (QED) is 0.614. The molecule has 1 saturated heterocycles. The first kappa shape index (κ1) is 19.8. The zero-order valence-corrected chi connectivity index (χ0v) is 16.3. The highest BCUT2D eigenvalue weighted by Crippen LogP contribution is 2.31. The summed E-state index contributed by atoms with van der Waals surface area (Å²) in [5, 5.41) is 15.0. The van der Waals surface area contributed by atoms with Crippen molar-refractivity contribution in [3.05, 3.63) is 78.1 Å². The first-order valence-electron chi connectivity index (χ1n) is 9.56. The molecule has 1 heterocycles. The number of aliphatic hydroxyl groups is 1. The number of hydrogen-bond donors (Lipinski definition) is 2. The number of carbonyl (C=O) groups is 2. The average molecular weight is 408 g/mol. The predicted octanol–water partition coefficient (Wildman–Crippen LogP) is 3.19. The number of aliphatic hydroxyl groups excluding tert-OH is 1. The van der Waals surface area contributed by atoms with Gasteiger partial charge in [0.2, 0.25) is 0 Å². The van der Waals surface area contributed by atoms with Gasteiger partial charge in [-0.05, 0) is 53.6 Å². The fourth-order valence-electron chi connectivity index (χ4n) is 3.55. The molecule has 0 saturated carbocycles. The zero-order valence-electron chi connectivity index (χ0n) is 16.3. The minimum Gasteiger partial charge on any atom is -0.491 e. The number of nitrogens with one attached hydrogen (secondary N) is 1. The molecule has 154 valence electrons. The van der Waals surface area contributed by atoms with Gasteiger partial charge in [0.25, 0.3) is 5.91 Å². The first-order chi connectivity index (χ1) is 14.4. The summed E-state index contributed by atoms with van der Waals surface area (Å²) in [6, 6.07) is 18.2. The molecule has 3 aromatic carbocycles. The van der Waals surface area contributed by atoms with E-state index in [2.05, 4.69) is 5.32 Å². The highest BCUT2D eigenvalue weighted by molar-refractivity contribution is 6.07. The Kier molecular flexibility index (Phi) is 5.13. The second-order valence-electron chi connectivity index (χ2n) is 7.45. The number of amides is 3. The van der Waals surface area contributed by atoms with Gasteiger partial charge < -0.3 is 15.2 Å². The van der Waals surface area contributed by atoms with Gasteiger partial charge in [-0.25, -0.2) is 9.18 Å². The third-order valence-corrected chi connectivity index (χ3v) is 5.25. The van der Waals surface area contributed by atoms with Crippen molar-refractivity contribution in [2.45, 2.75) is 18.6 Å². The third kappa shape index (κ3) is 3.71. The number of nitrogens with zero attached hydrogens (tertiary/aromatic N) is 1. The molecule has 2 N–H and O–H groups in total. The van der Waals surface area contributed by atoms with Gasteiger partial charge in [0.15, 0.2) is 0 Å². The normalized spacial score (nSPS) is 19.8. The van der Waals surface area contributed by atoms with Crippen molar-refractivity contribution >= 4 is 22.7 Å². The molecule has 0 radical (unpaired) electrons. The van der Waals surface area contributed by atoms with Crippen LogP contribution in [0.5, 0.6) is 5.75 Å². The van der Waals surface area contributed by atoms with Crippen LogP contribution in [0, 0.1) is 5.82 Å². The number of urea groups is 1. The van der Waals surface area contributed by atoms with E-state index < -0.39 is 29.4 Å². The number of fused-ring (bicyclic) bond motifs is 1. The van der Waals surface area contributed by atoms with Crippen LogP contribution in [-0.4, -0.2) is 41.2 Å². The number of rotatable bonds is 6. The van der Waals surface area contributed by atoms with E-state index in [0.29, 0.717) is 11.3 Å². The van der Waals surface area contributed by atoms with Crippen molar-refractivity contribution in [1.82, 2.24) is 10.2 Å². The summed E-state index contributed by atoms with van der Waals surface area (Å²) in [4.78, 5) is 26.5. The minimum absolute atomic E-state index is 0.143. The topological polar surface area (TPSA) is 78.9 Å². The van der Waals surface area contributed by atoms with E-state index in [1.807, 2.05) is 42.5 Å². The largest absolute Gasteiger partial charge is 0.491 e. The lowest BCUT2D eigenvalue weighted by Gasteiger charge is -2.23. The summed E-state index contributed by atoms with van der Waals surface area (Å²) in [5.74, 6) is -0.451. The molecule has 30 heavy (non-hydrogen) atoms. The smallest absolute Gasteiger partial charge is 0.325 e. The molecule has 1 fully saturated rings. The Bertz CT molecular complexity index is 1100. The summed E-state index contributed by atoms with van der Waals surface area (Å²) >= 11 is 0. The van der Waals surface area contributed by atoms with Gasteiger partial charge in [0.1, 0.15) is 29.8 Å². The van der Waals surface area contributed by atoms with E-state index in [1.54, 1.807) is 6.92 Å². The van der Waals surface area contributed by atoms with Gasteiger partial charge in [-0.3, -0.25) is 9.69 Å². The summed E-state index contributed by atoms with van der Waals surface area (Å²) in [5.41, 5.74) is -0.558. The predicted molar refractivity (Wildman–Crippen MR) is 109 cm³/mol. The maximum absolute atomic E-state index is 13.1. The van der Waals surface area contributed by atoms with Crippen LogP contribution in [0.2, 0.25) is 0 Å². The Morgan fingerprint density at radius 3 is 2.50 bits per heavy atom. The average Bonchev–Trinajstić information content (AvgIpc) is 2.97. The van der Waals surface area contributed by atoms with E-state index in [9.17, 15) is 19.1 Å². The van der Waals surface area contributed by atoms with Crippen molar-refractivity contribution < 1.29 is 23.8 Å². The Labute approximate surface area is 172 Å². The summed E-state index contributed by atoms with van der Waals surface area (Å²) in [6.07, 6.45) is -1.09. The number of halogens is 1. The maximum atomic E-state index is 13.1. The van der Waals surface area contributed by atoms with Gasteiger partial charge in [0, 0.05) is 0 Å². The Balaban J connectivity index is 1.46. The van der Waals surface area contributed by atoms with Crippen LogP contribution in [0.4, 0.5) is 9.18 Å². The van der Waals surface area contributed by atoms with Gasteiger partial charge in [-0.15, -0.1) is 0 Å². The number of ether oxygens (including phenoxy) is 1. The lowest BCUT2D eigenvalue weighted by Crippen LogP contribution is -2.42. The molecular weight excluding hydrogens is 387 g/mol. The zero-order chi connectivity index (χ0) is 21.3. The van der Waals surface area contributed by atoms with Gasteiger partial charge in [-0.2, -0.15) is 0 Å². The van der Waals surface area contributed by atoms with Crippen molar-refractivity contribution in [2.75, 3.05) is 13.2 Å². The van der Waals surface area contributed by atoms with Crippen molar-refractivity contribution in [1.29, 1.82) is 0 Å². The molecule has 0 aromatic heterocycles. The second kappa shape index (κ2) is 7.76. The van der Waals surface area contributed by atoms with E-state index >= 15 is 0 Å². The number of imide groups is 1. The fourth-order valence-corrected chi connectivity index (χ4v) is 3.55. The standard InChI is InChI=1S/C23H21FN2O4/c1-23(17-7-6-15-4-2-3-5-16(15)12-17)21(28)26(22(29)25-23)13-19(27)14-30-20-10-8-18(24)9-11-20/h2-12,19,27H,13-14H2,1H3,(H,25,29). The molecular formula is C23H21FN2O4. The summed E-state index contributed by atoms with van der Waals surface area (Å²) in [7, 11) is 0. The maximum Gasteiger partial charge on any atom is 0.325 e. The van der Waals surface area contributed by atoms with Crippen LogP contribution < -0.4 is 10.1 Å². The van der Waals surface area contributed by atoms with Crippen LogP contribution in [0.25, 0.3) is 10.8 Å². The second-order valence-corrected chi connectivity index (χ2v) is 7.45.